The van der Waals surface area contributed by atoms with Crippen molar-refractivity contribution < 1.29 is 9.59 Å². The zero-order chi connectivity index (χ0) is 16.0. The van der Waals surface area contributed by atoms with E-state index in [4.69, 9.17) is 11.0 Å². The van der Waals surface area contributed by atoms with Crippen molar-refractivity contribution in [3.63, 3.8) is 0 Å². The van der Waals surface area contributed by atoms with Gasteiger partial charge in [0.15, 0.2) is 0 Å². The van der Waals surface area contributed by atoms with Gasteiger partial charge in [0.1, 0.15) is 5.54 Å². The largest absolute Gasteiger partial charge is 0.376 e. The predicted molar refractivity (Wildman–Crippen MR) is 80.4 cm³/mol. The number of amides is 2. The topological polar surface area (TPSA) is 108 Å². The molecule has 0 radical (unpaired) electrons. The van der Waals surface area contributed by atoms with E-state index in [2.05, 4.69) is 16.7 Å². The van der Waals surface area contributed by atoms with Crippen molar-refractivity contribution in [1.29, 1.82) is 5.26 Å². The standard InChI is InChI=1S/C15H20N4O2/c1-10(2)15(3,9-16)19-13(20)8-18-12-7-5-4-6-11(12)14(17)21/h4-7,10,18H,8H2,1-3H3,(H2,17,21)(H,19,20)/t15-/m0/s1. The Balaban J connectivity index is 2.71. The van der Waals surface area contributed by atoms with Gasteiger partial charge in [-0.05, 0) is 25.0 Å². The van der Waals surface area contributed by atoms with Crippen molar-refractivity contribution in [3.05, 3.63) is 29.8 Å². The van der Waals surface area contributed by atoms with Crippen LogP contribution in [-0.4, -0.2) is 23.9 Å². The lowest BCUT2D eigenvalue weighted by Crippen LogP contribution is -2.50. The van der Waals surface area contributed by atoms with Crippen LogP contribution >= 0.6 is 0 Å². The van der Waals surface area contributed by atoms with Crippen LogP contribution in [0.2, 0.25) is 0 Å². The molecule has 0 heterocycles. The normalized spacial score (nSPS) is 13.1. The third kappa shape index (κ3) is 4.21. The lowest BCUT2D eigenvalue weighted by Gasteiger charge is -2.27. The number of para-hydroxylation sites is 1. The maximum absolute atomic E-state index is 11.9. The fourth-order valence-corrected chi connectivity index (χ4v) is 1.66. The SMILES string of the molecule is CC(C)[C@](C)(C#N)NC(=O)CNc1ccccc1C(N)=O. The Morgan fingerprint density at radius 3 is 2.52 bits per heavy atom. The molecule has 2 amide bonds. The van der Waals surface area contributed by atoms with Crippen LogP contribution in [0.3, 0.4) is 0 Å². The maximum atomic E-state index is 11.9. The third-order valence-electron chi connectivity index (χ3n) is 3.42. The smallest absolute Gasteiger partial charge is 0.250 e. The molecule has 0 saturated heterocycles. The Hall–Kier alpha value is -2.55. The van der Waals surface area contributed by atoms with E-state index in [0.717, 1.165) is 0 Å². The Kier molecular flexibility index (Phi) is 5.30. The summed E-state index contributed by atoms with van der Waals surface area (Å²) in [4.78, 5) is 23.2. The van der Waals surface area contributed by atoms with Gasteiger partial charge >= 0.3 is 0 Å². The summed E-state index contributed by atoms with van der Waals surface area (Å²) in [5.74, 6) is -0.918. The minimum Gasteiger partial charge on any atom is -0.376 e. The quantitative estimate of drug-likeness (QED) is 0.732. The molecule has 1 rings (SSSR count). The Labute approximate surface area is 124 Å². The summed E-state index contributed by atoms with van der Waals surface area (Å²) in [5, 5.41) is 14.7. The fraction of sp³-hybridized carbons (Fsp3) is 0.400. The molecule has 4 N–H and O–H groups in total. The second kappa shape index (κ2) is 6.75. The molecule has 0 bridgehead atoms. The van der Waals surface area contributed by atoms with Crippen molar-refractivity contribution in [1.82, 2.24) is 5.32 Å². The summed E-state index contributed by atoms with van der Waals surface area (Å²) in [7, 11) is 0. The van der Waals surface area contributed by atoms with E-state index in [1.807, 2.05) is 13.8 Å². The molecule has 1 aromatic rings. The zero-order valence-electron chi connectivity index (χ0n) is 12.4. The minimum atomic E-state index is -0.929. The van der Waals surface area contributed by atoms with Gasteiger partial charge in [0.05, 0.1) is 18.2 Å². The number of nitrogens with one attached hydrogen (secondary N) is 2. The number of nitriles is 1. The molecule has 0 fully saturated rings. The van der Waals surface area contributed by atoms with Crippen LogP contribution in [-0.2, 0) is 4.79 Å². The fourth-order valence-electron chi connectivity index (χ4n) is 1.66. The Morgan fingerprint density at radius 2 is 2.00 bits per heavy atom. The van der Waals surface area contributed by atoms with E-state index in [0.29, 0.717) is 11.3 Å². The van der Waals surface area contributed by atoms with Crippen LogP contribution in [0, 0.1) is 17.2 Å². The molecular weight excluding hydrogens is 268 g/mol. The van der Waals surface area contributed by atoms with Crippen LogP contribution in [0.15, 0.2) is 24.3 Å². The molecule has 0 aliphatic carbocycles. The number of anilines is 1. The molecule has 112 valence electrons. The number of primary amides is 1. The van der Waals surface area contributed by atoms with E-state index >= 15 is 0 Å². The minimum absolute atomic E-state index is 0.0237. The van der Waals surface area contributed by atoms with Gasteiger partial charge in [-0.3, -0.25) is 9.59 Å². The average Bonchev–Trinajstić information content (AvgIpc) is 2.44. The number of benzene rings is 1. The highest BCUT2D eigenvalue weighted by molar-refractivity contribution is 5.99. The number of hydrogen-bond donors (Lipinski definition) is 3. The first-order valence-electron chi connectivity index (χ1n) is 6.65. The number of nitrogens with two attached hydrogens (primary N) is 1. The molecule has 21 heavy (non-hydrogen) atoms. The van der Waals surface area contributed by atoms with Gasteiger partial charge in [0.25, 0.3) is 5.91 Å². The second-order valence-corrected chi connectivity index (χ2v) is 5.28. The van der Waals surface area contributed by atoms with E-state index in [9.17, 15) is 9.59 Å². The zero-order valence-corrected chi connectivity index (χ0v) is 12.4. The Bertz CT molecular complexity index is 577. The lowest BCUT2D eigenvalue weighted by molar-refractivity contribution is -0.121. The molecule has 0 unspecified atom stereocenters. The highest BCUT2D eigenvalue weighted by atomic mass is 16.2. The summed E-state index contributed by atoms with van der Waals surface area (Å²) in [6.45, 7) is 5.35. The molecule has 0 aliphatic heterocycles. The van der Waals surface area contributed by atoms with Gasteiger partial charge in [0.2, 0.25) is 5.91 Å². The summed E-state index contributed by atoms with van der Waals surface area (Å²) >= 11 is 0. The first-order chi connectivity index (χ1) is 9.80. The van der Waals surface area contributed by atoms with Crippen molar-refractivity contribution in [3.8, 4) is 6.07 Å². The van der Waals surface area contributed by atoms with Gasteiger partial charge in [0, 0.05) is 5.69 Å². The van der Waals surface area contributed by atoms with E-state index in [1.54, 1.807) is 31.2 Å². The molecular formula is C15H20N4O2. The number of carbonyl (C=O) groups excluding carboxylic acids is 2. The summed E-state index contributed by atoms with van der Waals surface area (Å²) < 4.78 is 0. The van der Waals surface area contributed by atoms with Gasteiger partial charge in [-0.1, -0.05) is 26.0 Å². The molecule has 0 spiro atoms. The summed E-state index contributed by atoms with van der Waals surface area (Å²) in [5.41, 5.74) is 5.14. The summed E-state index contributed by atoms with van der Waals surface area (Å²) in [6.07, 6.45) is 0. The van der Waals surface area contributed by atoms with Crippen LogP contribution < -0.4 is 16.4 Å². The average molecular weight is 288 g/mol. The summed E-state index contributed by atoms with van der Waals surface area (Å²) in [6, 6.07) is 8.78. The molecule has 0 aliphatic rings. The van der Waals surface area contributed by atoms with Crippen molar-refractivity contribution in [2.45, 2.75) is 26.3 Å². The molecule has 1 aromatic carbocycles. The predicted octanol–water partition coefficient (Wildman–Crippen LogP) is 1.25. The lowest BCUT2D eigenvalue weighted by atomic mass is 9.90. The monoisotopic (exact) mass is 288 g/mol. The van der Waals surface area contributed by atoms with Gasteiger partial charge < -0.3 is 16.4 Å². The van der Waals surface area contributed by atoms with Crippen LogP contribution in [0.5, 0.6) is 0 Å². The molecule has 1 atom stereocenters. The van der Waals surface area contributed by atoms with Crippen molar-refractivity contribution in [2.24, 2.45) is 11.7 Å². The molecule has 0 saturated carbocycles. The van der Waals surface area contributed by atoms with E-state index in [-0.39, 0.29) is 18.4 Å². The second-order valence-electron chi connectivity index (χ2n) is 5.28. The first-order valence-corrected chi connectivity index (χ1v) is 6.65. The highest BCUT2D eigenvalue weighted by Crippen LogP contribution is 2.16. The van der Waals surface area contributed by atoms with Crippen LogP contribution in [0.1, 0.15) is 31.1 Å². The van der Waals surface area contributed by atoms with Crippen LogP contribution in [0.4, 0.5) is 5.69 Å². The number of hydrogen-bond acceptors (Lipinski definition) is 4. The Morgan fingerprint density at radius 1 is 1.38 bits per heavy atom. The van der Waals surface area contributed by atoms with Crippen LogP contribution in [0.25, 0.3) is 0 Å². The first kappa shape index (κ1) is 16.5. The molecule has 0 aromatic heterocycles. The highest BCUT2D eigenvalue weighted by Gasteiger charge is 2.29. The number of rotatable bonds is 6. The van der Waals surface area contributed by atoms with Crippen molar-refractivity contribution in [2.75, 3.05) is 11.9 Å². The van der Waals surface area contributed by atoms with Crippen molar-refractivity contribution >= 4 is 17.5 Å². The third-order valence-corrected chi connectivity index (χ3v) is 3.42. The number of nitrogens with zero attached hydrogens (tertiary/aromatic N) is 1. The number of carbonyl (C=O) groups is 2. The maximum Gasteiger partial charge on any atom is 0.250 e. The van der Waals surface area contributed by atoms with Gasteiger partial charge in [-0.15, -0.1) is 0 Å². The van der Waals surface area contributed by atoms with Gasteiger partial charge in [-0.2, -0.15) is 5.26 Å². The molecule has 6 heteroatoms. The molecule has 6 nitrogen and oxygen atoms in total. The van der Waals surface area contributed by atoms with E-state index < -0.39 is 11.4 Å². The van der Waals surface area contributed by atoms with Gasteiger partial charge in [-0.25, -0.2) is 0 Å². The van der Waals surface area contributed by atoms with E-state index in [1.165, 1.54) is 0 Å².